The minimum atomic E-state index is -0.582. The number of amides is 3. The summed E-state index contributed by atoms with van der Waals surface area (Å²) in [5, 5.41) is 2.80. The fraction of sp³-hybridized carbons (Fsp3) is 0.227. The van der Waals surface area contributed by atoms with Gasteiger partial charge in [0.25, 0.3) is 5.91 Å². The summed E-state index contributed by atoms with van der Waals surface area (Å²) in [6, 6.07) is 16.3. The molecule has 6 heteroatoms. The van der Waals surface area contributed by atoms with E-state index in [-0.39, 0.29) is 23.3 Å². The molecule has 6 nitrogen and oxygen atoms in total. The lowest BCUT2D eigenvalue weighted by atomic mass is 9.95. The smallest absolute Gasteiger partial charge is 0.250 e. The van der Waals surface area contributed by atoms with Gasteiger partial charge in [-0.05, 0) is 36.6 Å². The third kappa shape index (κ3) is 4.85. The van der Waals surface area contributed by atoms with Gasteiger partial charge >= 0.3 is 0 Å². The predicted molar refractivity (Wildman–Crippen MR) is 108 cm³/mol. The van der Waals surface area contributed by atoms with Crippen LogP contribution in [0.3, 0.4) is 0 Å². The average Bonchev–Trinajstić information content (AvgIpc) is 2.73. The minimum Gasteiger partial charge on any atom is -0.366 e. The zero-order chi connectivity index (χ0) is 19.9. The molecule has 2 aromatic carbocycles. The van der Waals surface area contributed by atoms with Crippen LogP contribution in [0.4, 0.5) is 5.69 Å². The lowest BCUT2D eigenvalue weighted by molar-refractivity contribution is -0.130. The molecule has 0 radical (unpaired) electrons. The van der Waals surface area contributed by atoms with Crippen LogP contribution in [0.25, 0.3) is 6.08 Å². The van der Waals surface area contributed by atoms with Crippen molar-refractivity contribution in [3.63, 3.8) is 0 Å². The Morgan fingerprint density at radius 3 is 2.29 bits per heavy atom. The van der Waals surface area contributed by atoms with Crippen molar-refractivity contribution in [1.82, 2.24) is 4.90 Å². The highest BCUT2D eigenvalue weighted by Gasteiger charge is 2.27. The number of primary amides is 1. The number of hydrogen-bond acceptors (Lipinski definition) is 3. The number of nitrogens with zero attached hydrogens (tertiary/aromatic N) is 1. The van der Waals surface area contributed by atoms with Crippen LogP contribution >= 0.6 is 0 Å². The molecule has 3 rings (SSSR count). The maximum absolute atomic E-state index is 12.5. The van der Waals surface area contributed by atoms with Gasteiger partial charge in [0.15, 0.2) is 0 Å². The van der Waals surface area contributed by atoms with E-state index in [1.54, 1.807) is 41.3 Å². The van der Waals surface area contributed by atoms with Gasteiger partial charge in [0, 0.05) is 25.1 Å². The molecule has 0 spiro atoms. The number of hydrogen-bond donors (Lipinski definition) is 2. The van der Waals surface area contributed by atoms with Crippen LogP contribution in [0.15, 0.2) is 60.7 Å². The molecule has 3 amide bonds. The maximum Gasteiger partial charge on any atom is 0.250 e. The Morgan fingerprint density at radius 1 is 0.964 bits per heavy atom. The summed E-state index contributed by atoms with van der Waals surface area (Å²) in [7, 11) is 0. The molecular weight excluding hydrogens is 354 g/mol. The Hall–Kier alpha value is -3.41. The molecule has 2 aromatic rings. The van der Waals surface area contributed by atoms with Gasteiger partial charge in [-0.3, -0.25) is 14.4 Å². The zero-order valence-electron chi connectivity index (χ0n) is 15.5. The molecule has 1 saturated heterocycles. The van der Waals surface area contributed by atoms with Gasteiger partial charge in [-0.25, -0.2) is 0 Å². The number of carbonyl (C=O) groups is 3. The molecule has 0 aromatic heterocycles. The fourth-order valence-corrected chi connectivity index (χ4v) is 3.24. The van der Waals surface area contributed by atoms with Crippen molar-refractivity contribution >= 4 is 29.5 Å². The van der Waals surface area contributed by atoms with Crippen molar-refractivity contribution < 1.29 is 14.4 Å². The van der Waals surface area contributed by atoms with Crippen LogP contribution in [0.5, 0.6) is 0 Å². The second kappa shape index (κ2) is 8.99. The molecule has 0 unspecified atom stereocenters. The van der Waals surface area contributed by atoms with E-state index in [0.29, 0.717) is 31.6 Å². The lowest BCUT2D eigenvalue weighted by Gasteiger charge is -2.30. The summed E-state index contributed by atoms with van der Waals surface area (Å²) in [4.78, 5) is 38.1. The van der Waals surface area contributed by atoms with Crippen molar-refractivity contribution in [1.29, 1.82) is 0 Å². The Morgan fingerprint density at radius 2 is 1.61 bits per heavy atom. The molecule has 1 heterocycles. The van der Waals surface area contributed by atoms with Crippen molar-refractivity contribution in [3.05, 3.63) is 71.8 Å². The van der Waals surface area contributed by atoms with E-state index in [9.17, 15) is 14.4 Å². The lowest BCUT2D eigenvalue weighted by Crippen LogP contribution is -2.40. The Bertz CT molecular complexity index is 885. The van der Waals surface area contributed by atoms with Crippen molar-refractivity contribution in [3.8, 4) is 0 Å². The first-order valence-corrected chi connectivity index (χ1v) is 9.26. The molecule has 0 saturated carbocycles. The Labute approximate surface area is 164 Å². The molecular formula is C22H23N3O3. The van der Waals surface area contributed by atoms with Crippen molar-refractivity contribution in [2.75, 3.05) is 18.4 Å². The van der Waals surface area contributed by atoms with Crippen LogP contribution in [-0.4, -0.2) is 35.7 Å². The van der Waals surface area contributed by atoms with Crippen LogP contribution < -0.4 is 11.1 Å². The quantitative estimate of drug-likeness (QED) is 0.785. The van der Waals surface area contributed by atoms with Crippen molar-refractivity contribution in [2.24, 2.45) is 11.7 Å². The van der Waals surface area contributed by atoms with Crippen LogP contribution in [0.2, 0.25) is 0 Å². The summed E-state index contributed by atoms with van der Waals surface area (Å²) in [6.07, 6.45) is 4.52. The second-order valence-electron chi connectivity index (χ2n) is 6.74. The van der Waals surface area contributed by atoms with E-state index >= 15 is 0 Å². The van der Waals surface area contributed by atoms with Gasteiger partial charge in [0.1, 0.15) is 0 Å². The van der Waals surface area contributed by atoms with E-state index < -0.39 is 5.91 Å². The first-order valence-electron chi connectivity index (χ1n) is 9.26. The second-order valence-corrected chi connectivity index (χ2v) is 6.74. The number of piperidine rings is 1. The number of para-hydroxylation sites is 1. The molecule has 1 aliphatic heterocycles. The number of anilines is 1. The first kappa shape index (κ1) is 19.4. The van der Waals surface area contributed by atoms with Gasteiger partial charge in [-0.2, -0.15) is 0 Å². The third-order valence-corrected chi connectivity index (χ3v) is 4.85. The highest BCUT2D eigenvalue weighted by Crippen LogP contribution is 2.21. The van der Waals surface area contributed by atoms with Gasteiger partial charge < -0.3 is 16.0 Å². The van der Waals surface area contributed by atoms with E-state index in [1.165, 1.54) is 0 Å². The molecule has 1 aliphatic rings. The molecule has 144 valence electrons. The molecule has 1 fully saturated rings. The SMILES string of the molecule is NC(=O)c1ccccc1NC(=O)C1CCN(C(=O)C=Cc2ccccc2)CC1. The van der Waals surface area contributed by atoms with E-state index in [0.717, 1.165) is 5.56 Å². The van der Waals surface area contributed by atoms with Gasteiger partial charge in [0.05, 0.1) is 11.3 Å². The highest BCUT2D eigenvalue weighted by atomic mass is 16.2. The fourth-order valence-electron chi connectivity index (χ4n) is 3.24. The molecule has 0 atom stereocenters. The summed E-state index contributed by atoms with van der Waals surface area (Å²) < 4.78 is 0. The molecule has 3 N–H and O–H groups in total. The predicted octanol–water partition coefficient (Wildman–Crippen LogP) is 2.68. The molecule has 0 bridgehead atoms. The molecule has 28 heavy (non-hydrogen) atoms. The number of rotatable bonds is 5. The standard InChI is InChI=1S/C22H23N3O3/c23-21(27)18-8-4-5-9-19(18)24-22(28)17-12-14-25(15-13-17)20(26)11-10-16-6-2-1-3-7-16/h1-11,17H,12-15H2,(H2,23,27)(H,24,28). The number of benzene rings is 2. The summed E-state index contributed by atoms with van der Waals surface area (Å²) in [6.45, 7) is 1.04. The minimum absolute atomic E-state index is 0.0539. The maximum atomic E-state index is 12.5. The summed E-state index contributed by atoms with van der Waals surface area (Å²) in [5.74, 6) is -0.994. The van der Waals surface area contributed by atoms with Crippen LogP contribution in [0, 0.1) is 5.92 Å². The number of carbonyl (C=O) groups excluding carboxylic acids is 3. The summed E-state index contributed by atoms with van der Waals surface area (Å²) >= 11 is 0. The topological polar surface area (TPSA) is 92.5 Å². The highest BCUT2D eigenvalue weighted by molar-refractivity contribution is 6.03. The number of nitrogens with one attached hydrogen (secondary N) is 1. The Kier molecular flexibility index (Phi) is 6.22. The van der Waals surface area contributed by atoms with Crippen LogP contribution in [0.1, 0.15) is 28.8 Å². The number of nitrogens with two attached hydrogens (primary N) is 1. The first-order chi connectivity index (χ1) is 13.5. The summed E-state index contributed by atoms with van der Waals surface area (Å²) in [5.41, 5.74) is 7.03. The monoisotopic (exact) mass is 377 g/mol. The normalized spacial score (nSPS) is 14.8. The van der Waals surface area contributed by atoms with E-state index in [2.05, 4.69) is 5.32 Å². The van der Waals surface area contributed by atoms with E-state index in [4.69, 9.17) is 5.73 Å². The average molecular weight is 377 g/mol. The van der Waals surface area contributed by atoms with E-state index in [1.807, 2.05) is 30.3 Å². The van der Waals surface area contributed by atoms with Crippen molar-refractivity contribution in [2.45, 2.75) is 12.8 Å². The van der Waals surface area contributed by atoms with Gasteiger partial charge in [-0.1, -0.05) is 42.5 Å². The Balaban J connectivity index is 1.54. The third-order valence-electron chi connectivity index (χ3n) is 4.85. The van der Waals surface area contributed by atoms with Gasteiger partial charge in [-0.15, -0.1) is 0 Å². The largest absolute Gasteiger partial charge is 0.366 e. The number of likely N-dealkylation sites (tertiary alicyclic amines) is 1. The molecule has 0 aliphatic carbocycles. The van der Waals surface area contributed by atoms with Gasteiger partial charge in [0.2, 0.25) is 11.8 Å². The van der Waals surface area contributed by atoms with Crippen LogP contribution in [-0.2, 0) is 9.59 Å². The zero-order valence-corrected chi connectivity index (χ0v) is 15.5.